The largest absolute Gasteiger partial charge is 0.416 e. The average Bonchev–Trinajstić information content (AvgIpc) is 2.56. The van der Waals surface area contributed by atoms with Gasteiger partial charge in [-0.1, -0.05) is 0 Å². The zero-order valence-corrected chi connectivity index (χ0v) is 13.3. The first-order valence-corrected chi connectivity index (χ1v) is 7.42. The molecular formula is C16H17F3N4O. The number of hydrogen-bond donors (Lipinski definition) is 1. The molecule has 0 saturated heterocycles. The quantitative estimate of drug-likeness (QED) is 0.905. The summed E-state index contributed by atoms with van der Waals surface area (Å²) in [6, 6.07) is 7.41. The summed E-state index contributed by atoms with van der Waals surface area (Å²) in [6.45, 7) is 5.50. The van der Waals surface area contributed by atoms with Gasteiger partial charge in [-0.2, -0.15) is 13.2 Å². The second-order valence-electron chi connectivity index (χ2n) is 4.98. The summed E-state index contributed by atoms with van der Waals surface area (Å²) in [5.74, 6) is 0.124. The maximum absolute atomic E-state index is 12.5. The Kier molecular flexibility index (Phi) is 5.38. The topological polar surface area (TPSA) is 58.1 Å². The van der Waals surface area contributed by atoms with E-state index in [0.29, 0.717) is 5.82 Å². The van der Waals surface area contributed by atoms with E-state index in [2.05, 4.69) is 15.5 Å². The third-order valence-corrected chi connectivity index (χ3v) is 3.44. The van der Waals surface area contributed by atoms with Gasteiger partial charge in [0.1, 0.15) is 0 Å². The monoisotopic (exact) mass is 338 g/mol. The van der Waals surface area contributed by atoms with Gasteiger partial charge in [0, 0.05) is 18.8 Å². The van der Waals surface area contributed by atoms with Gasteiger partial charge in [0.2, 0.25) is 0 Å². The van der Waals surface area contributed by atoms with E-state index >= 15 is 0 Å². The zero-order valence-electron chi connectivity index (χ0n) is 13.3. The first kappa shape index (κ1) is 17.7. The summed E-state index contributed by atoms with van der Waals surface area (Å²) in [5.41, 5.74) is -0.433. The van der Waals surface area contributed by atoms with Crippen molar-refractivity contribution >= 4 is 17.4 Å². The van der Waals surface area contributed by atoms with Crippen LogP contribution in [0.1, 0.15) is 29.9 Å². The molecule has 0 atom stereocenters. The van der Waals surface area contributed by atoms with Crippen molar-refractivity contribution in [3.8, 4) is 0 Å². The number of alkyl halides is 3. The molecule has 0 spiro atoms. The lowest BCUT2D eigenvalue weighted by Crippen LogP contribution is -2.24. The van der Waals surface area contributed by atoms with Crippen LogP contribution in [0.25, 0.3) is 0 Å². The van der Waals surface area contributed by atoms with E-state index in [-0.39, 0.29) is 11.4 Å². The first-order chi connectivity index (χ1) is 11.3. The molecule has 0 fully saturated rings. The number of rotatable bonds is 5. The molecule has 1 N–H and O–H groups in total. The number of anilines is 2. The Morgan fingerprint density at radius 1 is 1.04 bits per heavy atom. The molecule has 0 aliphatic rings. The summed E-state index contributed by atoms with van der Waals surface area (Å²) in [4.78, 5) is 14.0. The standard InChI is InChI=1S/C16H17F3N4O/c1-3-23(4-2)14-10-9-13(21-22-14)15(24)20-12-7-5-11(6-8-12)16(17,18)19/h5-10H,3-4H2,1-2H3,(H,20,24). The van der Waals surface area contributed by atoms with Crippen molar-refractivity contribution in [1.29, 1.82) is 0 Å². The Balaban J connectivity index is 2.07. The molecule has 24 heavy (non-hydrogen) atoms. The minimum Gasteiger partial charge on any atom is -0.356 e. The fourth-order valence-corrected chi connectivity index (χ4v) is 2.10. The van der Waals surface area contributed by atoms with Crippen molar-refractivity contribution in [2.45, 2.75) is 20.0 Å². The number of aromatic nitrogens is 2. The Bertz CT molecular complexity index is 680. The van der Waals surface area contributed by atoms with Crippen LogP contribution in [0.15, 0.2) is 36.4 Å². The number of carbonyl (C=O) groups excluding carboxylic acids is 1. The Morgan fingerprint density at radius 3 is 2.12 bits per heavy atom. The molecule has 0 saturated carbocycles. The average molecular weight is 338 g/mol. The van der Waals surface area contributed by atoms with Gasteiger partial charge in [-0.15, -0.1) is 10.2 Å². The molecule has 1 aromatic carbocycles. The lowest BCUT2D eigenvalue weighted by atomic mass is 10.2. The van der Waals surface area contributed by atoms with Gasteiger partial charge in [0.05, 0.1) is 5.56 Å². The van der Waals surface area contributed by atoms with Crippen molar-refractivity contribution in [2.24, 2.45) is 0 Å². The molecule has 1 aromatic heterocycles. The van der Waals surface area contributed by atoms with Crippen LogP contribution in [-0.2, 0) is 6.18 Å². The molecular weight excluding hydrogens is 321 g/mol. The van der Waals surface area contributed by atoms with Gasteiger partial charge in [-0.25, -0.2) is 0 Å². The van der Waals surface area contributed by atoms with Crippen LogP contribution in [0.4, 0.5) is 24.7 Å². The number of halogens is 3. The fourth-order valence-electron chi connectivity index (χ4n) is 2.10. The molecule has 0 aliphatic heterocycles. The fraction of sp³-hybridized carbons (Fsp3) is 0.312. The highest BCUT2D eigenvalue weighted by Crippen LogP contribution is 2.29. The summed E-state index contributed by atoms with van der Waals surface area (Å²) in [5, 5.41) is 10.4. The minimum absolute atomic E-state index is 0.0887. The molecule has 1 heterocycles. The van der Waals surface area contributed by atoms with E-state index in [9.17, 15) is 18.0 Å². The highest BCUT2D eigenvalue weighted by atomic mass is 19.4. The van der Waals surface area contributed by atoms with E-state index in [0.717, 1.165) is 25.2 Å². The highest BCUT2D eigenvalue weighted by molar-refractivity contribution is 6.02. The number of nitrogens with zero attached hydrogens (tertiary/aromatic N) is 3. The normalized spacial score (nSPS) is 11.2. The van der Waals surface area contributed by atoms with Crippen LogP contribution >= 0.6 is 0 Å². The number of benzene rings is 1. The minimum atomic E-state index is -4.41. The van der Waals surface area contributed by atoms with Crippen LogP contribution in [0.3, 0.4) is 0 Å². The SMILES string of the molecule is CCN(CC)c1ccc(C(=O)Nc2ccc(C(F)(F)F)cc2)nn1. The number of nitrogens with one attached hydrogen (secondary N) is 1. The van der Waals surface area contributed by atoms with Gasteiger partial charge in [0.15, 0.2) is 11.5 Å². The van der Waals surface area contributed by atoms with E-state index in [1.54, 1.807) is 6.07 Å². The van der Waals surface area contributed by atoms with Crippen molar-refractivity contribution in [1.82, 2.24) is 10.2 Å². The second kappa shape index (κ2) is 7.29. The predicted octanol–water partition coefficient (Wildman–Crippen LogP) is 3.59. The first-order valence-electron chi connectivity index (χ1n) is 7.42. The lowest BCUT2D eigenvalue weighted by Gasteiger charge is -2.18. The van der Waals surface area contributed by atoms with E-state index in [4.69, 9.17) is 0 Å². The predicted molar refractivity (Wildman–Crippen MR) is 85.0 cm³/mol. The van der Waals surface area contributed by atoms with Crippen molar-refractivity contribution < 1.29 is 18.0 Å². The van der Waals surface area contributed by atoms with Gasteiger partial charge in [-0.05, 0) is 50.2 Å². The van der Waals surface area contributed by atoms with E-state index in [1.165, 1.54) is 18.2 Å². The highest BCUT2D eigenvalue weighted by Gasteiger charge is 2.30. The molecule has 2 aromatic rings. The second-order valence-corrected chi connectivity index (χ2v) is 4.98. The number of hydrogen-bond acceptors (Lipinski definition) is 4. The van der Waals surface area contributed by atoms with Crippen molar-refractivity contribution in [3.05, 3.63) is 47.7 Å². The molecule has 128 valence electrons. The molecule has 2 rings (SSSR count). The summed E-state index contributed by atoms with van der Waals surface area (Å²) in [7, 11) is 0. The molecule has 0 radical (unpaired) electrons. The summed E-state index contributed by atoms with van der Waals surface area (Å²) in [6.07, 6.45) is -4.41. The molecule has 0 bridgehead atoms. The van der Waals surface area contributed by atoms with Crippen LogP contribution in [0.2, 0.25) is 0 Å². The third-order valence-electron chi connectivity index (χ3n) is 3.44. The summed E-state index contributed by atoms with van der Waals surface area (Å²) < 4.78 is 37.5. The van der Waals surface area contributed by atoms with Crippen molar-refractivity contribution in [3.63, 3.8) is 0 Å². The smallest absolute Gasteiger partial charge is 0.356 e. The summed E-state index contributed by atoms with van der Waals surface area (Å²) >= 11 is 0. The number of carbonyl (C=O) groups is 1. The zero-order chi connectivity index (χ0) is 17.7. The Labute approximate surface area is 137 Å². The molecule has 5 nitrogen and oxygen atoms in total. The molecule has 8 heteroatoms. The van der Waals surface area contributed by atoms with Crippen LogP contribution in [-0.4, -0.2) is 29.2 Å². The molecule has 0 aliphatic carbocycles. The van der Waals surface area contributed by atoms with Crippen molar-refractivity contribution in [2.75, 3.05) is 23.3 Å². The van der Waals surface area contributed by atoms with Crippen LogP contribution in [0, 0.1) is 0 Å². The Hall–Kier alpha value is -2.64. The van der Waals surface area contributed by atoms with Gasteiger partial charge in [0.25, 0.3) is 5.91 Å². The van der Waals surface area contributed by atoms with Crippen LogP contribution in [0.5, 0.6) is 0 Å². The van der Waals surface area contributed by atoms with Gasteiger partial charge in [-0.3, -0.25) is 4.79 Å². The molecule has 1 amide bonds. The maximum atomic E-state index is 12.5. The van der Waals surface area contributed by atoms with E-state index in [1.807, 2.05) is 18.7 Å². The number of amides is 1. The van der Waals surface area contributed by atoms with E-state index < -0.39 is 17.6 Å². The maximum Gasteiger partial charge on any atom is 0.416 e. The van der Waals surface area contributed by atoms with Gasteiger partial charge < -0.3 is 10.2 Å². The van der Waals surface area contributed by atoms with Gasteiger partial charge >= 0.3 is 6.18 Å². The third kappa shape index (κ3) is 4.21. The lowest BCUT2D eigenvalue weighted by molar-refractivity contribution is -0.137. The molecule has 0 unspecified atom stereocenters. The van der Waals surface area contributed by atoms with Crippen LogP contribution < -0.4 is 10.2 Å². The Morgan fingerprint density at radius 2 is 1.67 bits per heavy atom.